The van der Waals surface area contributed by atoms with Gasteiger partial charge in [-0.1, -0.05) is 15.9 Å². The highest BCUT2D eigenvalue weighted by Gasteiger charge is 2.28. The molecule has 1 rings (SSSR count). The van der Waals surface area contributed by atoms with E-state index in [9.17, 15) is 18.0 Å². The van der Waals surface area contributed by atoms with Crippen molar-refractivity contribution >= 4 is 37.8 Å². The van der Waals surface area contributed by atoms with E-state index in [1.807, 2.05) is 0 Å². The van der Waals surface area contributed by atoms with E-state index in [1.165, 1.54) is 6.07 Å². The van der Waals surface area contributed by atoms with E-state index in [-0.39, 0.29) is 5.56 Å². The first-order chi connectivity index (χ1) is 7.79. The average Bonchev–Trinajstić information content (AvgIpc) is 2.19. The Hall–Kier alpha value is -0.600. The van der Waals surface area contributed by atoms with Crippen LogP contribution in [-0.2, 0) is 4.84 Å². The molecule has 0 aromatic heterocycles. The monoisotopic (exact) mass is 375 g/mol. The van der Waals surface area contributed by atoms with Crippen LogP contribution in [0.15, 0.2) is 27.1 Å². The number of rotatable bonds is 3. The number of carbonyl (C=O) groups is 1. The Bertz CT molecular complexity index is 423. The summed E-state index contributed by atoms with van der Waals surface area (Å²) in [7, 11) is 0. The molecule has 0 heterocycles. The van der Waals surface area contributed by atoms with Crippen LogP contribution in [0.1, 0.15) is 10.4 Å². The normalized spacial score (nSPS) is 11.4. The number of alkyl halides is 3. The summed E-state index contributed by atoms with van der Waals surface area (Å²) in [4.78, 5) is 15.5. The van der Waals surface area contributed by atoms with Crippen LogP contribution in [0.3, 0.4) is 0 Å². The summed E-state index contributed by atoms with van der Waals surface area (Å²) < 4.78 is 36.4. The molecule has 0 saturated carbocycles. The van der Waals surface area contributed by atoms with Crippen molar-refractivity contribution in [3.63, 3.8) is 0 Å². The second kappa shape index (κ2) is 5.83. The standard InChI is InChI=1S/C9H6Br2F3NO2/c10-5-1-2-7(11)6(3-5)8(16)15-17-4-9(12,13)14/h1-3H,4H2,(H,15,16). The van der Waals surface area contributed by atoms with E-state index in [4.69, 9.17) is 0 Å². The van der Waals surface area contributed by atoms with Crippen molar-refractivity contribution in [3.05, 3.63) is 32.7 Å². The molecule has 0 radical (unpaired) electrons. The van der Waals surface area contributed by atoms with Gasteiger partial charge in [0, 0.05) is 8.95 Å². The SMILES string of the molecule is O=C(NOCC(F)(F)F)c1cc(Br)ccc1Br. The largest absolute Gasteiger partial charge is 0.414 e. The topological polar surface area (TPSA) is 38.3 Å². The molecule has 94 valence electrons. The van der Waals surface area contributed by atoms with Crippen LogP contribution in [0.25, 0.3) is 0 Å². The fourth-order valence-electron chi connectivity index (χ4n) is 0.910. The maximum Gasteiger partial charge on any atom is 0.414 e. The summed E-state index contributed by atoms with van der Waals surface area (Å²) in [6.07, 6.45) is -4.48. The van der Waals surface area contributed by atoms with Gasteiger partial charge in [0.2, 0.25) is 0 Å². The number of carbonyl (C=O) groups excluding carboxylic acids is 1. The fourth-order valence-corrected chi connectivity index (χ4v) is 1.70. The quantitative estimate of drug-likeness (QED) is 0.820. The van der Waals surface area contributed by atoms with Crippen LogP contribution in [0.5, 0.6) is 0 Å². The molecule has 3 nitrogen and oxygen atoms in total. The molecule has 0 fully saturated rings. The average molecular weight is 377 g/mol. The van der Waals surface area contributed by atoms with Gasteiger partial charge in [-0.25, -0.2) is 5.48 Å². The summed E-state index contributed by atoms with van der Waals surface area (Å²) in [6.45, 7) is -1.54. The molecule has 0 aliphatic carbocycles. The van der Waals surface area contributed by atoms with Gasteiger partial charge in [-0.2, -0.15) is 13.2 Å². The zero-order valence-electron chi connectivity index (χ0n) is 8.15. The van der Waals surface area contributed by atoms with Crippen LogP contribution in [0.2, 0.25) is 0 Å². The molecule has 8 heteroatoms. The second-order valence-electron chi connectivity index (χ2n) is 2.96. The lowest BCUT2D eigenvalue weighted by Gasteiger charge is -2.09. The first kappa shape index (κ1) is 14.5. The number of hydrogen-bond donors (Lipinski definition) is 1. The van der Waals surface area contributed by atoms with E-state index in [1.54, 1.807) is 17.6 Å². The third-order valence-corrected chi connectivity index (χ3v) is 2.76. The molecule has 0 saturated heterocycles. The molecular weight excluding hydrogens is 371 g/mol. The molecule has 1 aromatic rings. The number of halogens is 5. The Morgan fingerprint density at radius 1 is 1.35 bits per heavy atom. The van der Waals surface area contributed by atoms with Crippen molar-refractivity contribution in [2.24, 2.45) is 0 Å². The van der Waals surface area contributed by atoms with Crippen molar-refractivity contribution < 1.29 is 22.8 Å². The molecule has 0 spiro atoms. The maximum absolute atomic E-state index is 11.8. The summed E-state index contributed by atoms with van der Waals surface area (Å²) in [5, 5.41) is 0. The Labute approximate surface area is 112 Å². The van der Waals surface area contributed by atoms with Crippen LogP contribution in [0, 0.1) is 0 Å². The summed E-state index contributed by atoms with van der Waals surface area (Å²) in [5.74, 6) is -0.762. The Balaban J connectivity index is 2.61. The highest BCUT2D eigenvalue weighted by atomic mass is 79.9. The van der Waals surface area contributed by atoms with Crippen LogP contribution < -0.4 is 5.48 Å². The van der Waals surface area contributed by atoms with Crippen LogP contribution in [-0.4, -0.2) is 18.7 Å². The van der Waals surface area contributed by atoms with Crippen LogP contribution in [0.4, 0.5) is 13.2 Å². The van der Waals surface area contributed by atoms with E-state index < -0.39 is 18.7 Å². The third-order valence-electron chi connectivity index (χ3n) is 1.57. The summed E-state index contributed by atoms with van der Waals surface area (Å²) in [5.41, 5.74) is 1.88. The minimum absolute atomic E-state index is 0.168. The first-order valence-electron chi connectivity index (χ1n) is 4.23. The molecule has 17 heavy (non-hydrogen) atoms. The van der Waals surface area contributed by atoms with Gasteiger partial charge in [0.15, 0.2) is 6.61 Å². The molecule has 0 unspecified atom stereocenters. The lowest BCUT2D eigenvalue weighted by Crippen LogP contribution is -2.29. The van der Waals surface area contributed by atoms with Gasteiger partial charge in [-0.15, -0.1) is 0 Å². The molecule has 0 bridgehead atoms. The Kier molecular flexibility index (Phi) is 4.96. The molecule has 0 atom stereocenters. The lowest BCUT2D eigenvalue weighted by atomic mass is 10.2. The van der Waals surface area contributed by atoms with Crippen molar-refractivity contribution in [1.82, 2.24) is 5.48 Å². The van der Waals surface area contributed by atoms with Gasteiger partial charge in [0.25, 0.3) is 5.91 Å². The minimum Gasteiger partial charge on any atom is -0.267 e. The van der Waals surface area contributed by atoms with E-state index in [0.29, 0.717) is 8.95 Å². The van der Waals surface area contributed by atoms with Crippen molar-refractivity contribution in [1.29, 1.82) is 0 Å². The minimum atomic E-state index is -4.48. The number of amides is 1. The molecule has 1 aromatic carbocycles. The van der Waals surface area contributed by atoms with Gasteiger partial charge in [0.05, 0.1) is 5.56 Å². The predicted molar refractivity (Wildman–Crippen MR) is 61.3 cm³/mol. The van der Waals surface area contributed by atoms with E-state index in [0.717, 1.165) is 0 Å². The number of benzene rings is 1. The maximum atomic E-state index is 11.8. The molecule has 0 aliphatic heterocycles. The zero-order valence-corrected chi connectivity index (χ0v) is 11.3. The van der Waals surface area contributed by atoms with Crippen molar-refractivity contribution in [2.75, 3.05) is 6.61 Å². The molecular formula is C9H6Br2F3NO2. The Morgan fingerprint density at radius 2 is 2.00 bits per heavy atom. The summed E-state index contributed by atoms with van der Waals surface area (Å²) in [6, 6.07) is 4.72. The lowest BCUT2D eigenvalue weighted by molar-refractivity contribution is -0.184. The predicted octanol–water partition coefficient (Wildman–Crippen LogP) is 3.44. The third kappa shape index (κ3) is 5.05. The van der Waals surface area contributed by atoms with Crippen LogP contribution >= 0.6 is 31.9 Å². The van der Waals surface area contributed by atoms with E-state index in [2.05, 4.69) is 36.7 Å². The highest BCUT2D eigenvalue weighted by molar-refractivity contribution is 9.11. The fraction of sp³-hybridized carbons (Fsp3) is 0.222. The van der Waals surface area contributed by atoms with E-state index >= 15 is 0 Å². The highest BCUT2D eigenvalue weighted by Crippen LogP contribution is 2.21. The second-order valence-corrected chi connectivity index (χ2v) is 4.73. The first-order valence-corrected chi connectivity index (χ1v) is 5.82. The number of hydroxylamine groups is 1. The zero-order chi connectivity index (χ0) is 13.1. The van der Waals surface area contributed by atoms with Gasteiger partial charge < -0.3 is 0 Å². The van der Waals surface area contributed by atoms with Gasteiger partial charge in [-0.05, 0) is 34.1 Å². The molecule has 1 amide bonds. The molecule has 0 aliphatic rings. The Morgan fingerprint density at radius 3 is 2.59 bits per heavy atom. The molecule has 1 N–H and O–H groups in total. The van der Waals surface area contributed by atoms with Crippen molar-refractivity contribution in [3.8, 4) is 0 Å². The van der Waals surface area contributed by atoms with Gasteiger partial charge >= 0.3 is 6.18 Å². The van der Waals surface area contributed by atoms with Crippen molar-refractivity contribution in [2.45, 2.75) is 6.18 Å². The van der Waals surface area contributed by atoms with Gasteiger partial charge in [0.1, 0.15) is 0 Å². The summed E-state index contributed by atoms with van der Waals surface area (Å²) >= 11 is 6.25. The van der Waals surface area contributed by atoms with Gasteiger partial charge in [-0.3, -0.25) is 9.63 Å². The number of nitrogens with one attached hydrogen (secondary N) is 1. The number of hydrogen-bond acceptors (Lipinski definition) is 2. The smallest absolute Gasteiger partial charge is 0.267 e.